The van der Waals surface area contributed by atoms with Gasteiger partial charge in [-0.15, -0.1) is 0 Å². The van der Waals surface area contributed by atoms with Crippen LogP contribution in [0.25, 0.3) is 0 Å². The molecule has 1 rings (SSSR count). The molecule has 4 N–H and O–H groups in total. The first-order valence-corrected chi connectivity index (χ1v) is 5.46. The smallest absolute Gasteiger partial charge is 0.216 e. The van der Waals surface area contributed by atoms with Crippen molar-refractivity contribution in [2.24, 2.45) is 0 Å². The van der Waals surface area contributed by atoms with E-state index in [1.165, 1.54) is 25.1 Å². The number of benzene rings is 1. The van der Waals surface area contributed by atoms with Crippen LogP contribution >= 0.6 is 0 Å². The third-order valence-corrected chi connectivity index (χ3v) is 2.52. The maximum atomic E-state index is 13.8. The van der Waals surface area contributed by atoms with Gasteiger partial charge in [0.25, 0.3) is 0 Å². The molecular weight excluding hydrogens is 241 g/mol. The van der Waals surface area contributed by atoms with Crippen LogP contribution in [0.3, 0.4) is 0 Å². The predicted octanol–water partition coefficient (Wildman–Crippen LogP) is -0.152. The minimum absolute atomic E-state index is 0.0401. The first-order chi connectivity index (χ1) is 8.47. The Labute approximate surface area is 104 Å². The quantitative estimate of drug-likeness (QED) is 0.590. The molecule has 0 radical (unpaired) electrons. The lowest BCUT2D eigenvalue weighted by molar-refractivity contribution is -0.119. The van der Waals surface area contributed by atoms with E-state index in [9.17, 15) is 19.4 Å². The molecule has 1 aromatic carbocycles. The molecule has 0 aromatic heterocycles. The van der Waals surface area contributed by atoms with Crippen molar-refractivity contribution in [3.8, 4) is 0 Å². The van der Waals surface area contributed by atoms with E-state index >= 15 is 0 Å². The number of amides is 1. The third-order valence-electron chi connectivity index (χ3n) is 2.52. The number of hydrogen-bond donors (Lipinski definition) is 4. The molecule has 0 spiro atoms. The predicted molar refractivity (Wildman–Crippen MR) is 62.0 cm³/mol. The van der Waals surface area contributed by atoms with Gasteiger partial charge in [-0.3, -0.25) is 4.79 Å². The molecule has 6 heteroatoms. The zero-order valence-corrected chi connectivity index (χ0v) is 9.93. The van der Waals surface area contributed by atoms with Gasteiger partial charge in [-0.2, -0.15) is 0 Å². The summed E-state index contributed by atoms with van der Waals surface area (Å²) in [6.07, 6.45) is -2.79. The second-order valence-corrected chi connectivity index (χ2v) is 3.93. The molecule has 0 bridgehead atoms. The van der Waals surface area contributed by atoms with E-state index in [2.05, 4.69) is 5.32 Å². The van der Waals surface area contributed by atoms with E-state index in [1.54, 1.807) is 0 Å². The Balaban J connectivity index is 2.83. The van der Waals surface area contributed by atoms with E-state index in [0.717, 1.165) is 0 Å². The van der Waals surface area contributed by atoms with Gasteiger partial charge in [-0.05, 0) is 0 Å². The van der Waals surface area contributed by atoms with Gasteiger partial charge in [-0.25, -0.2) is 4.39 Å². The monoisotopic (exact) mass is 257 g/mol. The molecule has 0 aliphatic rings. The Hall–Kier alpha value is -1.50. The summed E-state index contributed by atoms with van der Waals surface area (Å²) in [7, 11) is 0. The van der Waals surface area contributed by atoms with Crippen LogP contribution < -0.4 is 5.32 Å². The molecule has 0 saturated heterocycles. The van der Waals surface area contributed by atoms with Gasteiger partial charge in [-0.1, -0.05) is 18.2 Å². The summed E-state index contributed by atoms with van der Waals surface area (Å²) < 4.78 is 13.8. The number of aliphatic hydroxyl groups excluding tert-OH is 3. The molecule has 0 aliphatic carbocycles. The Morgan fingerprint density at radius 2 is 2.11 bits per heavy atom. The molecule has 2 atom stereocenters. The highest BCUT2D eigenvalue weighted by atomic mass is 19.1. The fourth-order valence-corrected chi connectivity index (χ4v) is 1.52. The van der Waals surface area contributed by atoms with Gasteiger partial charge in [0.05, 0.1) is 6.61 Å². The molecule has 1 amide bonds. The Kier molecular flexibility index (Phi) is 5.21. The van der Waals surface area contributed by atoms with Gasteiger partial charge in [0.1, 0.15) is 18.0 Å². The molecule has 0 heterocycles. The van der Waals surface area contributed by atoms with Gasteiger partial charge in [0, 0.05) is 24.6 Å². The third kappa shape index (κ3) is 3.49. The van der Waals surface area contributed by atoms with Crippen molar-refractivity contribution in [1.82, 2.24) is 5.32 Å². The molecule has 0 aliphatic heterocycles. The van der Waals surface area contributed by atoms with Crippen molar-refractivity contribution in [3.05, 3.63) is 35.1 Å². The Bertz CT molecular complexity index is 425. The summed E-state index contributed by atoms with van der Waals surface area (Å²) in [6.45, 7) is 0.597. The molecular formula is C12H16FNO4. The normalized spacial score (nSPS) is 14.1. The number of halogens is 1. The maximum absolute atomic E-state index is 13.8. The van der Waals surface area contributed by atoms with Crippen molar-refractivity contribution < 1.29 is 24.5 Å². The molecule has 18 heavy (non-hydrogen) atoms. The minimum Gasteiger partial charge on any atom is -0.392 e. The largest absolute Gasteiger partial charge is 0.392 e. The highest BCUT2D eigenvalue weighted by molar-refractivity contribution is 5.72. The molecule has 0 saturated carbocycles. The van der Waals surface area contributed by atoms with Crippen molar-refractivity contribution in [1.29, 1.82) is 0 Å². The van der Waals surface area contributed by atoms with Crippen LogP contribution in [0.2, 0.25) is 0 Å². The number of hydrogen-bond acceptors (Lipinski definition) is 4. The van der Waals surface area contributed by atoms with E-state index in [4.69, 9.17) is 5.11 Å². The first-order valence-electron chi connectivity index (χ1n) is 5.46. The lowest BCUT2D eigenvalue weighted by Gasteiger charge is -2.19. The van der Waals surface area contributed by atoms with Crippen molar-refractivity contribution in [3.63, 3.8) is 0 Å². The minimum atomic E-state index is -1.47. The Morgan fingerprint density at radius 3 is 2.67 bits per heavy atom. The molecule has 1 aromatic rings. The van der Waals surface area contributed by atoms with Gasteiger partial charge >= 0.3 is 0 Å². The highest BCUT2D eigenvalue weighted by Crippen LogP contribution is 2.22. The Morgan fingerprint density at radius 1 is 1.44 bits per heavy atom. The highest BCUT2D eigenvalue weighted by Gasteiger charge is 2.22. The zero-order valence-electron chi connectivity index (χ0n) is 9.93. The fraction of sp³-hybridized carbons (Fsp3) is 0.417. The standard InChI is InChI=1S/C12H16FNO4/c1-7(16)14-5-10(17)12(18)9-4-2-3-8(6-15)11(9)13/h2-4,10,12,15,17-18H,5-6H2,1H3,(H,14,16). The first kappa shape index (κ1) is 14.6. The van der Waals surface area contributed by atoms with Crippen molar-refractivity contribution in [2.45, 2.75) is 25.7 Å². The number of carbonyl (C=O) groups is 1. The van der Waals surface area contributed by atoms with E-state index in [0.29, 0.717) is 0 Å². The van der Waals surface area contributed by atoms with Gasteiger partial charge in [0.15, 0.2) is 0 Å². The summed E-state index contributed by atoms with van der Waals surface area (Å²) in [4.78, 5) is 10.7. The van der Waals surface area contributed by atoms with E-state index < -0.39 is 24.6 Å². The maximum Gasteiger partial charge on any atom is 0.216 e. The summed E-state index contributed by atoms with van der Waals surface area (Å²) in [5.41, 5.74) is -0.0716. The van der Waals surface area contributed by atoms with E-state index in [1.807, 2.05) is 0 Å². The summed E-state index contributed by atoms with van der Waals surface area (Å²) in [5, 5.41) is 30.6. The van der Waals surface area contributed by atoms with Crippen LogP contribution in [0.15, 0.2) is 18.2 Å². The number of carbonyl (C=O) groups excluding carboxylic acids is 1. The van der Waals surface area contributed by atoms with Crippen molar-refractivity contribution in [2.75, 3.05) is 6.54 Å². The average Bonchev–Trinajstić information content (AvgIpc) is 2.35. The number of nitrogens with one attached hydrogen (secondary N) is 1. The van der Waals surface area contributed by atoms with Crippen LogP contribution in [-0.4, -0.2) is 33.9 Å². The van der Waals surface area contributed by atoms with Crippen LogP contribution in [0, 0.1) is 5.82 Å². The zero-order chi connectivity index (χ0) is 13.7. The fourth-order valence-electron chi connectivity index (χ4n) is 1.52. The summed E-state index contributed by atoms with van der Waals surface area (Å²) in [5.74, 6) is -1.11. The van der Waals surface area contributed by atoms with E-state index in [-0.39, 0.29) is 23.6 Å². The SMILES string of the molecule is CC(=O)NCC(O)C(O)c1cccc(CO)c1F. The molecule has 0 fully saturated rings. The van der Waals surface area contributed by atoms with Crippen LogP contribution in [0.1, 0.15) is 24.2 Å². The summed E-state index contributed by atoms with van der Waals surface area (Å²) >= 11 is 0. The molecule has 2 unspecified atom stereocenters. The van der Waals surface area contributed by atoms with Gasteiger partial charge < -0.3 is 20.6 Å². The number of rotatable bonds is 5. The summed E-state index contributed by atoms with van der Waals surface area (Å²) in [6, 6.07) is 4.17. The van der Waals surface area contributed by atoms with Crippen LogP contribution in [-0.2, 0) is 11.4 Å². The van der Waals surface area contributed by atoms with Gasteiger partial charge in [0.2, 0.25) is 5.91 Å². The second kappa shape index (κ2) is 6.44. The van der Waals surface area contributed by atoms with Crippen LogP contribution in [0.5, 0.6) is 0 Å². The molecule has 5 nitrogen and oxygen atoms in total. The lowest BCUT2D eigenvalue weighted by atomic mass is 10.0. The second-order valence-electron chi connectivity index (χ2n) is 3.93. The van der Waals surface area contributed by atoms with Crippen molar-refractivity contribution >= 4 is 5.91 Å². The average molecular weight is 257 g/mol. The lowest BCUT2D eigenvalue weighted by Crippen LogP contribution is -2.34. The van der Waals surface area contributed by atoms with Crippen LogP contribution in [0.4, 0.5) is 4.39 Å². The molecule has 100 valence electrons. The number of aliphatic hydroxyl groups is 3. The topological polar surface area (TPSA) is 89.8 Å².